The maximum Gasteiger partial charge on any atom is 0.129 e. The van der Waals surface area contributed by atoms with Crippen molar-refractivity contribution in [3.05, 3.63) is 23.7 Å². The summed E-state index contributed by atoms with van der Waals surface area (Å²) in [5, 5.41) is 12.3. The van der Waals surface area contributed by atoms with Crippen molar-refractivity contribution >= 4 is 0 Å². The Morgan fingerprint density at radius 1 is 1.53 bits per heavy atom. The minimum Gasteiger partial charge on any atom is -0.462 e. The number of likely N-dealkylation sites (N-methyl/N-ethyl adjacent to an activating group) is 1. The second-order valence-electron chi connectivity index (χ2n) is 4.15. The van der Waals surface area contributed by atoms with E-state index in [1.54, 1.807) is 0 Å². The zero-order chi connectivity index (χ0) is 10.7. The fraction of sp³-hybridized carbons (Fsp3) is 0.636. The average molecular weight is 210 g/mol. The van der Waals surface area contributed by atoms with E-state index in [2.05, 4.69) is 17.3 Å². The van der Waals surface area contributed by atoms with E-state index >= 15 is 0 Å². The van der Waals surface area contributed by atoms with E-state index in [9.17, 15) is 0 Å². The molecule has 0 radical (unpaired) electrons. The van der Waals surface area contributed by atoms with Gasteiger partial charge in [0, 0.05) is 12.6 Å². The lowest BCUT2D eigenvalue weighted by molar-refractivity contribution is 0.242. The van der Waals surface area contributed by atoms with Gasteiger partial charge in [-0.2, -0.15) is 0 Å². The number of furan rings is 1. The molecule has 2 heterocycles. The molecular weight excluding hydrogens is 192 g/mol. The Kier molecular flexibility index (Phi) is 3.41. The van der Waals surface area contributed by atoms with Crippen molar-refractivity contribution in [2.75, 3.05) is 20.1 Å². The number of likely N-dealkylation sites (tertiary alicyclic amines) is 1. The van der Waals surface area contributed by atoms with Crippen LogP contribution >= 0.6 is 0 Å². The Labute approximate surface area is 89.9 Å². The predicted octanol–water partition coefficient (Wildman–Crippen LogP) is 0.566. The Morgan fingerprint density at radius 2 is 2.33 bits per heavy atom. The van der Waals surface area contributed by atoms with Crippen molar-refractivity contribution in [2.24, 2.45) is 0 Å². The maximum atomic E-state index is 8.84. The lowest BCUT2D eigenvalue weighted by Crippen LogP contribution is -2.30. The Bertz CT molecular complexity index is 311. The molecule has 2 N–H and O–H groups in total. The van der Waals surface area contributed by atoms with Crippen molar-refractivity contribution in [3.63, 3.8) is 0 Å². The summed E-state index contributed by atoms with van der Waals surface area (Å²) in [5.41, 5.74) is 0. The molecule has 0 aliphatic carbocycles. The van der Waals surface area contributed by atoms with E-state index in [-0.39, 0.29) is 6.61 Å². The van der Waals surface area contributed by atoms with Gasteiger partial charge in [0.25, 0.3) is 0 Å². The second-order valence-corrected chi connectivity index (χ2v) is 4.15. The molecule has 1 aromatic rings. The van der Waals surface area contributed by atoms with Gasteiger partial charge in [-0.1, -0.05) is 0 Å². The van der Waals surface area contributed by atoms with Crippen LogP contribution in [0, 0.1) is 0 Å². The third kappa shape index (κ3) is 2.81. The van der Waals surface area contributed by atoms with Crippen LogP contribution in [0.5, 0.6) is 0 Å². The molecule has 2 rings (SSSR count). The summed E-state index contributed by atoms with van der Waals surface area (Å²) < 4.78 is 5.39. The van der Waals surface area contributed by atoms with Gasteiger partial charge in [0.2, 0.25) is 0 Å². The van der Waals surface area contributed by atoms with Crippen LogP contribution < -0.4 is 5.32 Å². The van der Waals surface area contributed by atoms with Gasteiger partial charge in [-0.15, -0.1) is 0 Å². The molecule has 0 aromatic carbocycles. The second kappa shape index (κ2) is 4.79. The molecule has 1 atom stereocenters. The SMILES string of the molecule is CN1CCC(NCc2ccc(CO)o2)C1. The fourth-order valence-corrected chi connectivity index (χ4v) is 1.95. The van der Waals surface area contributed by atoms with Gasteiger partial charge in [-0.3, -0.25) is 0 Å². The highest BCUT2D eigenvalue weighted by Gasteiger charge is 2.18. The zero-order valence-corrected chi connectivity index (χ0v) is 9.07. The molecule has 15 heavy (non-hydrogen) atoms. The number of nitrogens with one attached hydrogen (secondary N) is 1. The van der Waals surface area contributed by atoms with E-state index in [1.165, 1.54) is 6.42 Å². The third-order valence-electron chi connectivity index (χ3n) is 2.83. The smallest absolute Gasteiger partial charge is 0.129 e. The van der Waals surface area contributed by atoms with Crippen LogP contribution in [-0.2, 0) is 13.2 Å². The molecule has 1 aliphatic heterocycles. The fourth-order valence-electron chi connectivity index (χ4n) is 1.95. The van der Waals surface area contributed by atoms with Crippen LogP contribution in [0.3, 0.4) is 0 Å². The zero-order valence-electron chi connectivity index (χ0n) is 9.07. The Morgan fingerprint density at radius 3 is 2.93 bits per heavy atom. The predicted molar refractivity (Wildman–Crippen MR) is 57.4 cm³/mol. The summed E-state index contributed by atoms with van der Waals surface area (Å²) in [7, 11) is 2.14. The van der Waals surface area contributed by atoms with Gasteiger partial charge in [0.05, 0.1) is 6.54 Å². The molecule has 0 amide bonds. The topological polar surface area (TPSA) is 48.6 Å². The van der Waals surface area contributed by atoms with Crippen molar-refractivity contribution in [2.45, 2.75) is 25.6 Å². The van der Waals surface area contributed by atoms with E-state index in [4.69, 9.17) is 9.52 Å². The van der Waals surface area contributed by atoms with Gasteiger partial charge in [-0.25, -0.2) is 0 Å². The lowest BCUT2D eigenvalue weighted by atomic mass is 10.2. The highest BCUT2D eigenvalue weighted by molar-refractivity contribution is 5.06. The van der Waals surface area contributed by atoms with E-state index < -0.39 is 0 Å². The van der Waals surface area contributed by atoms with E-state index in [0.29, 0.717) is 11.8 Å². The molecule has 4 heteroatoms. The monoisotopic (exact) mass is 210 g/mol. The molecule has 84 valence electrons. The molecular formula is C11H18N2O2. The number of aliphatic hydroxyl groups is 1. The normalized spacial score (nSPS) is 22.4. The van der Waals surface area contributed by atoms with Gasteiger partial charge in [0.1, 0.15) is 18.1 Å². The average Bonchev–Trinajstić information content (AvgIpc) is 2.83. The molecule has 1 unspecified atom stereocenters. The van der Waals surface area contributed by atoms with E-state index in [0.717, 1.165) is 25.4 Å². The summed E-state index contributed by atoms with van der Waals surface area (Å²) >= 11 is 0. The maximum absolute atomic E-state index is 8.84. The number of rotatable bonds is 4. The minimum absolute atomic E-state index is 0.0217. The largest absolute Gasteiger partial charge is 0.462 e. The van der Waals surface area contributed by atoms with Crippen LogP contribution in [0.4, 0.5) is 0 Å². The van der Waals surface area contributed by atoms with Gasteiger partial charge < -0.3 is 19.7 Å². The van der Waals surface area contributed by atoms with Crippen LogP contribution in [-0.4, -0.2) is 36.2 Å². The van der Waals surface area contributed by atoms with Crippen LogP contribution in [0.25, 0.3) is 0 Å². The van der Waals surface area contributed by atoms with Gasteiger partial charge in [0.15, 0.2) is 0 Å². The van der Waals surface area contributed by atoms with Gasteiger partial charge in [-0.05, 0) is 32.1 Å². The number of hydrogen-bond acceptors (Lipinski definition) is 4. The number of hydrogen-bond donors (Lipinski definition) is 2. The van der Waals surface area contributed by atoms with Crippen LogP contribution in [0.15, 0.2) is 16.5 Å². The summed E-state index contributed by atoms with van der Waals surface area (Å²) in [6.07, 6.45) is 1.20. The third-order valence-corrected chi connectivity index (χ3v) is 2.83. The highest BCUT2D eigenvalue weighted by Crippen LogP contribution is 2.10. The van der Waals surface area contributed by atoms with Crippen LogP contribution in [0.2, 0.25) is 0 Å². The molecule has 0 bridgehead atoms. The first kappa shape index (κ1) is 10.7. The molecule has 0 spiro atoms. The summed E-state index contributed by atoms with van der Waals surface area (Å²) in [6, 6.07) is 4.30. The number of aliphatic hydroxyl groups excluding tert-OH is 1. The summed E-state index contributed by atoms with van der Waals surface area (Å²) in [6.45, 7) is 3.00. The first-order valence-electron chi connectivity index (χ1n) is 5.38. The van der Waals surface area contributed by atoms with Crippen LogP contribution in [0.1, 0.15) is 17.9 Å². The summed E-state index contributed by atoms with van der Waals surface area (Å²) in [5.74, 6) is 1.53. The molecule has 1 saturated heterocycles. The van der Waals surface area contributed by atoms with Gasteiger partial charge >= 0.3 is 0 Å². The quantitative estimate of drug-likeness (QED) is 0.762. The molecule has 1 aromatic heterocycles. The minimum atomic E-state index is -0.0217. The summed E-state index contributed by atoms with van der Waals surface area (Å²) in [4.78, 5) is 2.32. The number of nitrogens with zero attached hydrogens (tertiary/aromatic N) is 1. The molecule has 0 saturated carbocycles. The van der Waals surface area contributed by atoms with E-state index in [1.807, 2.05) is 12.1 Å². The standard InChI is InChI=1S/C11H18N2O2/c1-13-5-4-9(7-13)12-6-10-2-3-11(8-14)15-10/h2-3,9,12,14H,4-8H2,1H3. The Balaban J connectivity index is 1.77. The first-order valence-corrected chi connectivity index (χ1v) is 5.38. The van der Waals surface area contributed by atoms with Crippen molar-refractivity contribution in [3.8, 4) is 0 Å². The lowest BCUT2D eigenvalue weighted by Gasteiger charge is -2.11. The van der Waals surface area contributed by atoms with Crippen molar-refractivity contribution in [1.82, 2.24) is 10.2 Å². The molecule has 4 nitrogen and oxygen atoms in total. The highest BCUT2D eigenvalue weighted by atomic mass is 16.4. The van der Waals surface area contributed by atoms with Crippen molar-refractivity contribution < 1.29 is 9.52 Å². The molecule has 1 fully saturated rings. The van der Waals surface area contributed by atoms with Crippen molar-refractivity contribution in [1.29, 1.82) is 0 Å². The Hall–Kier alpha value is -0.840. The molecule has 1 aliphatic rings. The first-order chi connectivity index (χ1) is 7.28.